The SMILES string of the molecule is N#Cc1ccccc1N1CCCN(Cc2nc3cc(F)ccc3o2)CC1. The van der Waals surface area contributed by atoms with Crippen LogP contribution in [0.4, 0.5) is 10.1 Å². The first-order valence-corrected chi connectivity index (χ1v) is 8.74. The second-order valence-corrected chi connectivity index (χ2v) is 6.47. The van der Waals surface area contributed by atoms with Crippen molar-refractivity contribution in [2.45, 2.75) is 13.0 Å². The zero-order chi connectivity index (χ0) is 17.9. The smallest absolute Gasteiger partial charge is 0.209 e. The minimum absolute atomic E-state index is 0.307. The topological polar surface area (TPSA) is 56.3 Å². The molecule has 0 bridgehead atoms. The van der Waals surface area contributed by atoms with E-state index in [0.717, 1.165) is 38.3 Å². The van der Waals surface area contributed by atoms with Gasteiger partial charge in [0.25, 0.3) is 0 Å². The number of oxazole rings is 1. The molecule has 1 saturated heterocycles. The van der Waals surface area contributed by atoms with E-state index in [1.165, 1.54) is 12.1 Å². The molecule has 1 fully saturated rings. The van der Waals surface area contributed by atoms with Gasteiger partial charge in [-0.15, -0.1) is 0 Å². The van der Waals surface area contributed by atoms with Gasteiger partial charge < -0.3 is 9.32 Å². The molecule has 2 heterocycles. The molecule has 4 rings (SSSR count). The van der Waals surface area contributed by atoms with Gasteiger partial charge in [0, 0.05) is 32.2 Å². The molecular formula is C20H19FN4O. The first kappa shape index (κ1) is 16.6. The lowest BCUT2D eigenvalue weighted by molar-refractivity contribution is 0.258. The van der Waals surface area contributed by atoms with Crippen molar-refractivity contribution in [1.29, 1.82) is 5.26 Å². The summed E-state index contributed by atoms with van der Waals surface area (Å²) in [5, 5.41) is 9.32. The molecule has 0 aliphatic carbocycles. The number of nitrogens with zero attached hydrogens (tertiary/aromatic N) is 4. The lowest BCUT2D eigenvalue weighted by atomic mass is 10.1. The minimum atomic E-state index is -0.307. The Kier molecular flexibility index (Phi) is 4.55. The van der Waals surface area contributed by atoms with Crippen LogP contribution in [0.3, 0.4) is 0 Å². The molecule has 2 aromatic carbocycles. The Bertz CT molecular complexity index is 962. The van der Waals surface area contributed by atoms with Gasteiger partial charge in [-0.1, -0.05) is 12.1 Å². The summed E-state index contributed by atoms with van der Waals surface area (Å²) >= 11 is 0. The highest BCUT2D eigenvalue weighted by atomic mass is 19.1. The summed E-state index contributed by atoms with van der Waals surface area (Å²) in [4.78, 5) is 8.95. The van der Waals surface area contributed by atoms with Crippen molar-refractivity contribution in [1.82, 2.24) is 9.88 Å². The van der Waals surface area contributed by atoms with Crippen LogP contribution < -0.4 is 4.90 Å². The average Bonchev–Trinajstić information content (AvgIpc) is 2.90. The van der Waals surface area contributed by atoms with E-state index in [-0.39, 0.29) is 5.82 Å². The second-order valence-electron chi connectivity index (χ2n) is 6.47. The number of halogens is 1. The Morgan fingerprint density at radius 1 is 1.12 bits per heavy atom. The van der Waals surface area contributed by atoms with Gasteiger partial charge in [-0.25, -0.2) is 9.37 Å². The molecule has 0 saturated carbocycles. The summed E-state index contributed by atoms with van der Waals surface area (Å²) in [7, 11) is 0. The first-order chi connectivity index (χ1) is 12.7. The average molecular weight is 350 g/mol. The Balaban J connectivity index is 1.45. The van der Waals surface area contributed by atoms with Gasteiger partial charge in [-0.3, -0.25) is 4.90 Å². The normalized spacial score (nSPS) is 15.8. The van der Waals surface area contributed by atoms with Crippen molar-refractivity contribution >= 4 is 16.8 Å². The van der Waals surface area contributed by atoms with Gasteiger partial charge in [0.2, 0.25) is 5.89 Å². The molecule has 1 aliphatic rings. The molecule has 0 atom stereocenters. The standard InChI is InChI=1S/C20H19FN4O/c21-16-6-7-19-17(12-16)23-20(26-19)14-24-8-3-9-25(11-10-24)18-5-2-1-4-15(18)13-22/h1-2,4-7,12H,3,8-11,14H2. The molecule has 0 unspecified atom stereocenters. The van der Waals surface area contributed by atoms with Crippen LogP contribution in [0.15, 0.2) is 46.9 Å². The zero-order valence-corrected chi connectivity index (χ0v) is 14.4. The Morgan fingerprint density at radius 3 is 2.88 bits per heavy atom. The molecule has 0 amide bonds. The maximum Gasteiger partial charge on any atom is 0.209 e. The van der Waals surface area contributed by atoms with Crippen LogP contribution in [-0.2, 0) is 6.54 Å². The number of para-hydroxylation sites is 1. The zero-order valence-electron chi connectivity index (χ0n) is 14.4. The molecule has 3 aromatic rings. The van der Waals surface area contributed by atoms with E-state index in [4.69, 9.17) is 4.42 Å². The number of rotatable bonds is 3. The van der Waals surface area contributed by atoms with Crippen LogP contribution in [0, 0.1) is 17.1 Å². The summed E-state index contributed by atoms with van der Waals surface area (Å²) in [6, 6.07) is 14.4. The Hall–Kier alpha value is -2.91. The number of benzene rings is 2. The van der Waals surface area contributed by atoms with Crippen molar-refractivity contribution in [3.05, 3.63) is 59.7 Å². The highest BCUT2D eigenvalue weighted by molar-refractivity contribution is 5.72. The third-order valence-electron chi connectivity index (χ3n) is 4.71. The van der Waals surface area contributed by atoms with E-state index < -0.39 is 0 Å². The molecule has 5 nitrogen and oxygen atoms in total. The van der Waals surface area contributed by atoms with Gasteiger partial charge in [-0.05, 0) is 30.7 Å². The number of nitriles is 1. The molecule has 26 heavy (non-hydrogen) atoms. The van der Waals surface area contributed by atoms with Gasteiger partial charge in [0.15, 0.2) is 5.58 Å². The largest absolute Gasteiger partial charge is 0.439 e. The summed E-state index contributed by atoms with van der Waals surface area (Å²) < 4.78 is 19.0. The van der Waals surface area contributed by atoms with E-state index >= 15 is 0 Å². The molecule has 6 heteroatoms. The van der Waals surface area contributed by atoms with E-state index in [9.17, 15) is 9.65 Å². The van der Waals surface area contributed by atoms with E-state index in [0.29, 0.717) is 29.1 Å². The fraction of sp³-hybridized carbons (Fsp3) is 0.300. The van der Waals surface area contributed by atoms with Crippen LogP contribution in [-0.4, -0.2) is 36.1 Å². The summed E-state index contributed by atoms with van der Waals surface area (Å²) in [5.74, 6) is 0.301. The van der Waals surface area contributed by atoms with Gasteiger partial charge in [0.05, 0.1) is 17.8 Å². The summed E-state index contributed by atoms with van der Waals surface area (Å²) in [6.07, 6.45) is 0.995. The van der Waals surface area contributed by atoms with Gasteiger partial charge in [0.1, 0.15) is 17.4 Å². The molecule has 132 valence electrons. The predicted octanol–water partition coefficient (Wildman–Crippen LogP) is 3.55. The van der Waals surface area contributed by atoms with Crippen LogP contribution in [0.1, 0.15) is 17.9 Å². The van der Waals surface area contributed by atoms with Gasteiger partial charge >= 0.3 is 0 Å². The van der Waals surface area contributed by atoms with E-state index in [1.54, 1.807) is 6.07 Å². The summed E-state index contributed by atoms with van der Waals surface area (Å²) in [5.41, 5.74) is 2.87. The van der Waals surface area contributed by atoms with E-state index in [2.05, 4.69) is 20.9 Å². The Morgan fingerprint density at radius 2 is 2.00 bits per heavy atom. The van der Waals surface area contributed by atoms with Crippen molar-refractivity contribution in [3.63, 3.8) is 0 Å². The predicted molar refractivity (Wildman–Crippen MR) is 97.2 cm³/mol. The summed E-state index contributed by atoms with van der Waals surface area (Å²) in [6.45, 7) is 4.14. The third kappa shape index (κ3) is 3.39. The number of hydrogen-bond donors (Lipinski definition) is 0. The second kappa shape index (κ2) is 7.14. The molecule has 0 radical (unpaired) electrons. The molecule has 0 N–H and O–H groups in total. The number of aromatic nitrogens is 1. The molecular weight excluding hydrogens is 331 g/mol. The third-order valence-corrected chi connectivity index (χ3v) is 4.71. The van der Waals surface area contributed by atoms with Crippen molar-refractivity contribution in [2.24, 2.45) is 0 Å². The van der Waals surface area contributed by atoms with Crippen molar-refractivity contribution in [3.8, 4) is 6.07 Å². The highest BCUT2D eigenvalue weighted by Gasteiger charge is 2.19. The first-order valence-electron chi connectivity index (χ1n) is 8.74. The highest BCUT2D eigenvalue weighted by Crippen LogP contribution is 2.22. The van der Waals surface area contributed by atoms with Crippen LogP contribution >= 0.6 is 0 Å². The maximum atomic E-state index is 13.3. The Labute approximate surface area is 151 Å². The fourth-order valence-corrected chi connectivity index (χ4v) is 3.42. The van der Waals surface area contributed by atoms with Gasteiger partial charge in [-0.2, -0.15) is 5.26 Å². The minimum Gasteiger partial charge on any atom is -0.439 e. The molecule has 1 aliphatic heterocycles. The molecule has 1 aromatic heterocycles. The number of anilines is 1. The monoisotopic (exact) mass is 350 g/mol. The quantitative estimate of drug-likeness (QED) is 0.723. The molecule has 0 spiro atoms. The maximum absolute atomic E-state index is 13.3. The number of fused-ring (bicyclic) bond motifs is 1. The van der Waals surface area contributed by atoms with E-state index in [1.807, 2.05) is 24.3 Å². The van der Waals surface area contributed by atoms with Crippen LogP contribution in [0.2, 0.25) is 0 Å². The van der Waals surface area contributed by atoms with Crippen LogP contribution in [0.25, 0.3) is 11.1 Å². The van der Waals surface area contributed by atoms with Crippen LogP contribution in [0.5, 0.6) is 0 Å². The number of hydrogen-bond acceptors (Lipinski definition) is 5. The fourth-order valence-electron chi connectivity index (χ4n) is 3.42. The van der Waals surface area contributed by atoms with Crippen molar-refractivity contribution in [2.75, 3.05) is 31.1 Å². The lowest BCUT2D eigenvalue weighted by Crippen LogP contribution is -2.30. The van der Waals surface area contributed by atoms with Crippen molar-refractivity contribution < 1.29 is 8.81 Å². The lowest BCUT2D eigenvalue weighted by Gasteiger charge is -2.24.